The fourth-order valence-electron chi connectivity index (χ4n) is 1.32. The van der Waals surface area contributed by atoms with Gasteiger partial charge in [0.1, 0.15) is 0 Å². The number of halogens is 1. The largest absolute Gasteiger partial charge is 0.151 e. The zero-order valence-corrected chi connectivity index (χ0v) is 8.82. The zero-order chi connectivity index (χ0) is 9.26. The Morgan fingerprint density at radius 1 is 1.08 bits per heavy atom. The summed E-state index contributed by atoms with van der Waals surface area (Å²) in [4.78, 5) is 0. The average Bonchev–Trinajstić information content (AvgIpc) is 2.52. The fraction of sp³-hybridized carbons (Fsp3) is 0.0909. The van der Waals surface area contributed by atoms with Crippen LogP contribution in [0, 0.1) is 6.92 Å². The van der Waals surface area contributed by atoms with Crippen LogP contribution < -0.4 is 0 Å². The summed E-state index contributed by atoms with van der Waals surface area (Å²) < 4.78 is 0. The Morgan fingerprint density at radius 3 is 2.46 bits per heavy atom. The van der Waals surface area contributed by atoms with Gasteiger partial charge in [-0.15, -0.1) is 0 Å². The molecule has 0 bridgehead atoms. The monoisotopic (exact) mass is 208 g/mol. The van der Waals surface area contributed by atoms with Gasteiger partial charge in [0.05, 0.1) is 0 Å². The van der Waals surface area contributed by atoms with Crippen LogP contribution in [0.5, 0.6) is 0 Å². The predicted octanol–water partition coefficient (Wildman–Crippen LogP) is 4.38. The van der Waals surface area contributed by atoms with Gasteiger partial charge in [-0.1, -0.05) is 29.8 Å². The van der Waals surface area contributed by atoms with Crippen LogP contribution >= 0.6 is 22.9 Å². The molecule has 0 aliphatic carbocycles. The summed E-state index contributed by atoms with van der Waals surface area (Å²) in [7, 11) is 0. The first-order valence-corrected chi connectivity index (χ1v) is 5.39. The minimum absolute atomic E-state index is 0.823. The molecule has 2 rings (SSSR count). The van der Waals surface area contributed by atoms with E-state index >= 15 is 0 Å². The van der Waals surface area contributed by atoms with Gasteiger partial charge in [0, 0.05) is 10.6 Å². The molecule has 0 fully saturated rings. The number of hydrogen-bond acceptors (Lipinski definition) is 1. The van der Waals surface area contributed by atoms with E-state index < -0.39 is 0 Å². The van der Waals surface area contributed by atoms with Gasteiger partial charge in [0.25, 0.3) is 0 Å². The molecule has 66 valence electrons. The standard InChI is InChI=1S/C11H9ClS/c1-8-6-13-7-10(8)9-4-2-3-5-11(9)12/h2-7H,1H3. The van der Waals surface area contributed by atoms with Gasteiger partial charge in [-0.05, 0) is 34.9 Å². The van der Waals surface area contributed by atoms with Crippen LogP contribution in [0.1, 0.15) is 5.56 Å². The molecule has 2 aromatic rings. The van der Waals surface area contributed by atoms with Crippen molar-refractivity contribution in [1.82, 2.24) is 0 Å². The smallest absolute Gasteiger partial charge is 0.0484 e. The molecule has 0 saturated heterocycles. The third-order valence-electron chi connectivity index (χ3n) is 2.02. The van der Waals surface area contributed by atoms with E-state index in [1.54, 1.807) is 11.3 Å². The van der Waals surface area contributed by atoms with Crippen LogP contribution in [0.3, 0.4) is 0 Å². The summed E-state index contributed by atoms with van der Waals surface area (Å²) >= 11 is 7.80. The molecule has 1 aromatic heterocycles. The van der Waals surface area contributed by atoms with E-state index in [0.29, 0.717) is 0 Å². The van der Waals surface area contributed by atoms with Crippen molar-refractivity contribution in [3.8, 4) is 11.1 Å². The molecule has 0 nitrogen and oxygen atoms in total. The maximum atomic E-state index is 6.09. The second-order valence-corrected chi connectivity index (χ2v) is 4.10. The molecule has 0 aliphatic heterocycles. The van der Waals surface area contributed by atoms with Gasteiger partial charge in [0.15, 0.2) is 0 Å². The summed E-state index contributed by atoms with van der Waals surface area (Å²) in [6, 6.07) is 7.94. The highest BCUT2D eigenvalue weighted by molar-refractivity contribution is 7.08. The van der Waals surface area contributed by atoms with Gasteiger partial charge in [0.2, 0.25) is 0 Å². The molecular formula is C11H9ClS. The van der Waals surface area contributed by atoms with E-state index in [4.69, 9.17) is 11.6 Å². The summed E-state index contributed by atoms with van der Waals surface area (Å²) in [5, 5.41) is 5.10. The van der Waals surface area contributed by atoms with Crippen LogP contribution in [-0.4, -0.2) is 0 Å². The Labute approximate surface area is 86.8 Å². The van der Waals surface area contributed by atoms with Crippen LogP contribution in [-0.2, 0) is 0 Å². The second-order valence-electron chi connectivity index (χ2n) is 2.95. The molecule has 0 saturated carbocycles. The first-order valence-electron chi connectivity index (χ1n) is 4.07. The number of benzene rings is 1. The zero-order valence-electron chi connectivity index (χ0n) is 7.25. The van der Waals surface area contributed by atoms with Gasteiger partial charge in [-0.25, -0.2) is 0 Å². The van der Waals surface area contributed by atoms with Crippen molar-refractivity contribution < 1.29 is 0 Å². The highest BCUT2D eigenvalue weighted by Gasteiger charge is 2.05. The van der Waals surface area contributed by atoms with Crippen molar-refractivity contribution in [3.63, 3.8) is 0 Å². The average molecular weight is 209 g/mol. The summed E-state index contributed by atoms with van der Waals surface area (Å²) in [6.07, 6.45) is 0. The normalized spacial score (nSPS) is 10.3. The van der Waals surface area contributed by atoms with Crippen molar-refractivity contribution in [2.24, 2.45) is 0 Å². The molecule has 0 radical (unpaired) electrons. The van der Waals surface area contributed by atoms with Gasteiger partial charge in [-0.2, -0.15) is 11.3 Å². The minimum atomic E-state index is 0.823. The molecule has 13 heavy (non-hydrogen) atoms. The highest BCUT2D eigenvalue weighted by atomic mass is 35.5. The molecule has 2 heteroatoms. The van der Waals surface area contributed by atoms with E-state index in [2.05, 4.69) is 23.8 Å². The molecule has 0 N–H and O–H groups in total. The molecule has 0 amide bonds. The Kier molecular flexibility index (Phi) is 2.38. The molecule has 0 spiro atoms. The van der Waals surface area contributed by atoms with Crippen molar-refractivity contribution in [2.75, 3.05) is 0 Å². The molecule has 0 aliphatic rings. The first-order chi connectivity index (χ1) is 6.29. The third kappa shape index (κ3) is 1.62. The topological polar surface area (TPSA) is 0 Å². The Hall–Kier alpha value is -0.790. The van der Waals surface area contributed by atoms with E-state index in [-0.39, 0.29) is 0 Å². The Bertz CT molecular complexity index is 418. The second kappa shape index (κ2) is 3.52. The summed E-state index contributed by atoms with van der Waals surface area (Å²) in [5.41, 5.74) is 3.66. The molecule has 1 heterocycles. The number of aryl methyl sites for hydroxylation is 1. The quantitative estimate of drug-likeness (QED) is 0.653. The lowest BCUT2D eigenvalue weighted by atomic mass is 10.1. The number of hydrogen-bond donors (Lipinski definition) is 0. The van der Waals surface area contributed by atoms with E-state index in [9.17, 15) is 0 Å². The lowest BCUT2D eigenvalue weighted by Gasteiger charge is -2.02. The third-order valence-corrected chi connectivity index (χ3v) is 3.21. The minimum Gasteiger partial charge on any atom is -0.151 e. The van der Waals surface area contributed by atoms with Crippen LogP contribution in [0.2, 0.25) is 5.02 Å². The highest BCUT2D eigenvalue weighted by Crippen LogP contribution is 2.31. The summed E-state index contributed by atoms with van der Waals surface area (Å²) in [6.45, 7) is 2.11. The van der Waals surface area contributed by atoms with Crippen molar-refractivity contribution in [1.29, 1.82) is 0 Å². The lowest BCUT2D eigenvalue weighted by molar-refractivity contribution is 1.53. The van der Waals surface area contributed by atoms with Crippen LogP contribution in [0.15, 0.2) is 35.0 Å². The van der Waals surface area contributed by atoms with Crippen molar-refractivity contribution >= 4 is 22.9 Å². The van der Waals surface area contributed by atoms with E-state index in [0.717, 1.165) is 10.6 Å². The van der Waals surface area contributed by atoms with Crippen molar-refractivity contribution in [3.05, 3.63) is 45.6 Å². The van der Waals surface area contributed by atoms with Crippen LogP contribution in [0.25, 0.3) is 11.1 Å². The lowest BCUT2D eigenvalue weighted by Crippen LogP contribution is -1.77. The molecule has 0 unspecified atom stereocenters. The fourth-order valence-corrected chi connectivity index (χ4v) is 2.40. The maximum absolute atomic E-state index is 6.09. The van der Waals surface area contributed by atoms with Gasteiger partial charge >= 0.3 is 0 Å². The van der Waals surface area contributed by atoms with Gasteiger partial charge < -0.3 is 0 Å². The summed E-state index contributed by atoms with van der Waals surface area (Å²) in [5.74, 6) is 0. The SMILES string of the molecule is Cc1cscc1-c1ccccc1Cl. The molecular weight excluding hydrogens is 200 g/mol. The van der Waals surface area contributed by atoms with Crippen molar-refractivity contribution in [2.45, 2.75) is 6.92 Å². The first kappa shape index (κ1) is 8.79. The Morgan fingerprint density at radius 2 is 1.85 bits per heavy atom. The number of thiophene rings is 1. The Balaban J connectivity index is 2.59. The number of rotatable bonds is 1. The van der Waals surface area contributed by atoms with E-state index in [1.165, 1.54) is 11.1 Å². The molecule has 0 atom stereocenters. The van der Waals surface area contributed by atoms with Gasteiger partial charge in [-0.3, -0.25) is 0 Å². The van der Waals surface area contributed by atoms with Crippen LogP contribution in [0.4, 0.5) is 0 Å². The maximum Gasteiger partial charge on any atom is 0.0484 e. The predicted molar refractivity (Wildman–Crippen MR) is 59.5 cm³/mol. The molecule has 1 aromatic carbocycles. The van der Waals surface area contributed by atoms with E-state index in [1.807, 2.05) is 18.2 Å².